The van der Waals surface area contributed by atoms with Gasteiger partial charge in [0, 0.05) is 16.3 Å². The molecule has 1 fully saturated rings. The number of urea groups is 1. The lowest BCUT2D eigenvalue weighted by molar-refractivity contribution is 0.0905. The van der Waals surface area contributed by atoms with Crippen LogP contribution in [0.1, 0.15) is 22.0 Å². The summed E-state index contributed by atoms with van der Waals surface area (Å²) in [7, 11) is 0. The Kier molecular flexibility index (Phi) is 4.17. The molecule has 2 aromatic rings. The van der Waals surface area contributed by atoms with Crippen molar-refractivity contribution in [3.63, 3.8) is 0 Å². The second kappa shape index (κ2) is 6.26. The van der Waals surface area contributed by atoms with E-state index in [-0.39, 0.29) is 11.8 Å². The fourth-order valence-electron chi connectivity index (χ4n) is 2.72. The molecule has 3 rings (SSSR count). The Morgan fingerprint density at radius 2 is 1.70 bits per heavy atom. The Balaban J connectivity index is 1.98. The zero-order chi connectivity index (χ0) is 16.4. The molecule has 0 aromatic heterocycles. The Bertz CT molecular complexity index is 756. The molecule has 2 amide bonds. The molecule has 1 aliphatic rings. The Morgan fingerprint density at radius 1 is 1.04 bits per heavy atom. The van der Waals surface area contributed by atoms with E-state index in [0.29, 0.717) is 16.3 Å². The monoisotopic (exact) mass is 326 g/mol. The van der Waals surface area contributed by atoms with Crippen molar-refractivity contribution in [3.05, 3.63) is 83.0 Å². The van der Waals surface area contributed by atoms with Crippen LogP contribution in [-0.2, 0) is 0 Å². The van der Waals surface area contributed by atoms with Crippen LogP contribution in [0.25, 0.3) is 0 Å². The number of carbonyl (C=O) groups is 2. The van der Waals surface area contributed by atoms with Crippen LogP contribution in [0, 0.1) is 5.92 Å². The largest absolute Gasteiger partial charge is 0.330 e. The molecule has 1 saturated heterocycles. The van der Waals surface area contributed by atoms with Crippen molar-refractivity contribution in [2.24, 2.45) is 5.92 Å². The molecule has 1 heterocycles. The summed E-state index contributed by atoms with van der Waals surface area (Å²) in [6, 6.07) is 15.3. The topological polar surface area (TPSA) is 58.2 Å². The molecule has 4 nitrogen and oxygen atoms in total. The van der Waals surface area contributed by atoms with Gasteiger partial charge >= 0.3 is 6.03 Å². The van der Waals surface area contributed by atoms with Crippen molar-refractivity contribution in [2.45, 2.75) is 6.04 Å². The van der Waals surface area contributed by atoms with Crippen LogP contribution in [0.15, 0.2) is 66.9 Å². The predicted octanol–water partition coefficient (Wildman–Crippen LogP) is 3.71. The van der Waals surface area contributed by atoms with Crippen molar-refractivity contribution in [2.75, 3.05) is 0 Å². The van der Waals surface area contributed by atoms with Gasteiger partial charge in [-0.05, 0) is 29.8 Å². The van der Waals surface area contributed by atoms with E-state index in [9.17, 15) is 9.59 Å². The van der Waals surface area contributed by atoms with Crippen LogP contribution in [-0.4, -0.2) is 11.8 Å². The maximum Gasteiger partial charge on any atom is 0.319 e. The summed E-state index contributed by atoms with van der Waals surface area (Å²) in [5, 5.41) is 5.98. The van der Waals surface area contributed by atoms with Gasteiger partial charge in [0.15, 0.2) is 5.78 Å². The molecule has 0 radical (unpaired) electrons. The zero-order valence-electron chi connectivity index (χ0n) is 12.3. The third-order valence-corrected chi connectivity index (χ3v) is 4.09. The molecule has 0 spiro atoms. The number of hydrogen-bond donors (Lipinski definition) is 2. The minimum Gasteiger partial charge on any atom is -0.330 e. The number of carbonyl (C=O) groups excluding carboxylic acids is 2. The maximum atomic E-state index is 12.9. The van der Waals surface area contributed by atoms with E-state index in [1.54, 1.807) is 24.3 Å². The number of rotatable bonds is 3. The standard InChI is InChI=1S/C18H15ClN2O2/c1-11-15(17(22)13-7-9-14(19)10-8-13)16(21-18(23)20-11)12-5-3-2-4-6-12/h2-10,15-16H,1H2,(H2,20,21,23)/t15-,16+/m0/s1. The van der Waals surface area contributed by atoms with Crippen LogP contribution in [0.4, 0.5) is 4.79 Å². The van der Waals surface area contributed by atoms with E-state index in [0.717, 1.165) is 5.56 Å². The number of ketones is 1. The SMILES string of the molecule is C=C1NC(=O)N[C@H](c2ccccc2)[C@H]1C(=O)c1ccc(Cl)cc1. The van der Waals surface area contributed by atoms with Crippen molar-refractivity contribution in [3.8, 4) is 0 Å². The number of benzene rings is 2. The molecule has 2 aromatic carbocycles. The fourth-order valence-corrected chi connectivity index (χ4v) is 2.85. The summed E-state index contributed by atoms with van der Waals surface area (Å²) in [6.07, 6.45) is 0. The highest BCUT2D eigenvalue weighted by atomic mass is 35.5. The first kappa shape index (κ1) is 15.3. The molecule has 0 saturated carbocycles. The molecule has 1 aliphatic heterocycles. The lowest BCUT2D eigenvalue weighted by Crippen LogP contribution is -2.50. The van der Waals surface area contributed by atoms with E-state index in [4.69, 9.17) is 11.6 Å². The van der Waals surface area contributed by atoms with Gasteiger partial charge in [-0.25, -0.2) is 4.79 Å². The van der Waals surface area contributed by atoms with Gasteiger partial charge in [-0.15, -0.1) is 0 Å². The highest BCUT2D eigenvalue weighted by molar-refractivity contribution is 6.30. The van der Waals surface area contributed by atoms with Crippen LogP contribution in [0.2, 0.25) is 5.02 Å². The normalized spacial score (nSPS) is 20.6. The average Bonchev–Trinajstić information content (AvgIpc) is 2.55. The van der Waals surface area contributed by atoms with Gasteiger partial charge in [-0.1, -0.05) is 48.5 Å². The lowest BCUT2D eigenvalue weighted by Gasteiger charge is -2.34. The quantitative estimate of drug-likeness (QED) is 0.845. The van der Waals surface area contributed by atoms with Gasteiger partial charge in [-0.2, -0.15) is 0 Å². The molecule has 2 atom stereocenters. The highest BCUT2D eigenvalue weighted by Crippen LogP contribution is 2.32. The van der Waals surface area contributed by atoms with Gasteiger partial charge < -0.3 is 10.6 Å². The summed E-state index contributed by atoms with van der Waals surface area (Å²) in [5.74, 6) is -0.704. The van der Waals surface area contributed by atoms with Crippen molar-refractivity contribution in [1.29, 1.82) is 0 Å². The van der Waals surface area contributed by atoms with E-state index in [2.05, 4.69) is 17.2 Å². The number of nitrogens with one attached hydrogen (secondary N) is 2. The first-order valence-electron chi connectivity index (χ1n) is 7.17. The fraction of sp³-hybridized carbons (Fsp3) is 0.111. The summed E-state index contributed by atoms with van der Waals surface area (Å²) < 4.78 is 0. The third kappa shape index (κ3) is 3.12. The number of hydrogen-bond acceptors (Lipinski definition) is 2. The second-order valence-electron chi connectivity index (χ2n) is 5.36. The summed E-state index contributed by atoms with van der Waals surface area (Å²) >= 11 is 5.88. The summed E-state index contributed by atoms with van der Waals surface area (Å²) in [5.41, 5.74) is 1.78. The first-order valence-corrected chi connectivity index (χ1v) is 7.55. The Morgan fingerprint density at radius 3 is 2.35 bits per heavy atom. The van der Waals surface area contributed by atoms with Crippen molar-refractivity contribution in [1.82, 2.24) is 10.6 Å². The van der Waals surface area contributed by atoms with Gasteiger partial charge in [-0.3, -0.25) is 4.79 Å². The second-order valence-corrected chi connectivity index (χ2v) is 5.80. The number of halogens is 1. The zero-order valence-corrected chi connectivity index (χ0v) is 13.0. The van der Waals surface area contributed by atoms with Crippen LogP contribution < -0.4 is 10.6 Å². The molecule has 0 aliphatic carbocycles. The molecular weight excluding hydrogens is 312 g/mol. The van der Waals surface area contributed by atoms with E-state index >= 15 is 0 Å². The molecule has 116 valence electrons. The molecule has 5 heteroatoms. The van der Waals surface area contributed by atoms with Crippen LogP contribution in [0.5, 0.6) is 0 Å². The lowest BCUT2D eigenvalue weighted by atomic mass is 9.83. The smallest absolute Gasteiger partial charge is 0.319 e. The average molecular weight is 327 g/mol. The maximum absolute atomic E-state index is 12.9. The van der Waals surface area contributed by atoms with E-state index in [1.807, 2.05) is 30.3 Å². The summed E-state index contributed by atoms with van der Waals surface area (Å²) in [6.45, 7) is 3.87. The van der Waals surface area contributed by atoms with E-state index in [1.165, 1.54) is 0 Å². The van der Waals surface area contributed by atoms with Crippen molar-refractivity contribution >= 4 is 23.4 Å². The van der Waals surface area contributed by atoms with Crippen LogP contribution >= 0.6 is 11.6 Å². The Hall–Kier alpha value is -2.59. The Labute approximate surface area is 139 Å². The van der Waals surface area contributed by atoms with Gasteiger partial charge in [0.25, 0.3) is 0 Å². The molecule has 23 heavy (non-hydrogen) atoms. The van der Waals surface area contributed by atoms with Crippen LogP contribution in [0.3, 0.4) is 0 Å². The van der Waals surface area contributed by atoms with Crippen molar-refractivity contribution < 1.29 is 9.59 Å². The number of Topliss-reactive ketones (excluding diaryl/α,β-unsaturated/α-hetero) is 1. The molecule has 2 N–H and O–H groups in total. The minimum absolute atomic E-state index is 0.118. The summed E-state index contributed by atoms with van der Waals surface area (Å²) in [4.78, 5) is 24.7. The van der Waals surface area contributed by atoms with Gasteiger partial charge in [0.05, 0.1) is 12.0 Å². The van der Waals surface area contributed by atoms with Gasteiger partial charge in [0.2, 0.25) is 0 Å². The number of amides is 2. The first-order chi connectivity index (χ1) is 11.1. The minimum atomic E-state index is -0.587. The molecular formula is C18H15ClN2O2. The van der Waals surface area contributed by atoms with E-state index < -0.39 is 12.0 Å². The predicted molar refractivity (Wildman–Crippen MR) is 89.3 cm³/mol. The third-order valence-electron chi connectivity index (χ3n) is 3.84. The molecule has 0 bridgehead atoms. The van der Waals surface area contributed by atoms with Gasteiger partial charge in [0.1, 0.15) is 0 Å². The highest BCUT2D eigenvalue weighted by Gasteiger charge is 2.37. The molecule has 0 unspecified atom stereocenters.